The van der Waals surface area contributed by atoms with Crippen molar-refractivity contribution in [1.29, 1.82) is 0 Å². The average molecular weight is 344 g/mol. The van der Waals surface area contributed by atoms with Crippen LogP contribution in [0, 0.1) is 0 Å². The van der Waals surface area contributed by atoms with Crippen molar-refractivity contribution in [3.8, 4) is 5.75 Å². The van der Waals surface area contributed by atoms with Crippen LogP contribution >= 0.6 is 15.9 Å². The molecule has 20 heavy (non-hydrogen) atoms. The highest BCUT2D eigenvalue weighted by Gasteiger charge is 2.29. The third-order valence-corrected chi connectivity index (χ3v) is 4.17. The Balaban J connectivity index is 2.96. The van der Waals surface area contributed by atoms with Crippen LogP contribution in [0.15, 0.2) is 22.7 Å². The number of rotatable bonds is 8. The lowest BCUT2D eigenvalue weighted by Gasteiger charge is -2.34. The Morgan fingerprint density at radius 3 is 2.55 bits per heavy atom. The maximum atomic E-state index is 5.66. The molecule has 4 heteroatoms. The summed E-state index contributed by atoms with van der Waals surface area (Å²) in [6, 6.07) is 6.34. The molecule has 1 N–H and O–H groups in total. The third-order valence-electron chi connectivity index (χ3n) is 3.67. The Kier molecular flexibility index (Phi) is 7.00. The molecular weight excluding hydrogens is 318 g/mol. The molecule has 0 amide bonds. The van der Waals surface area contributed by atoms with Gasteiger partial charge >= 0.3 is 0 Å². The van der Waals surface area contributed by atoms with Crippen molar-refractivity contribution in [2.45, 2.75) is 45.3 Å². The summed E-state index contributed by atoms with van der Waals surface area (Å²) in [5, 5.41) is 3.58. The number of ether oxygens (including phenoxy) is 2. The summed E-state index contributed by atoms with van der Waals surface area (Å²) in [5.74, 6) is 0.920. The molecule has 1 atom stereocenters. The SMILES string of the molecule is CCCNC(Cc1cc(Br)ccc1OC)C(C)(C)OC. The van der Waals surface area contributed by atoms with Gasteiger partial charge in [-0.3, -0.25) is 0 Å². The third kappa shape index (κ3) is 4.76. The van der Waals surface area contributed by atoms with E-state index in [1.807, 2.05) is 12.1 Å². The van der Waals surface area contributed by atoms with Crippen molar-refractivity contribution >= 4 is 15.9 Å². The summed E-state index contributed by atoms with van der Waals surface area (Å²) in [7, 11) is 3.47. The highest BCUT2D eigenvalue weighted by molar-refractivity contribution is 9.10. The van der Waals surface area contributed by atoms with Gasteiger partial charge in [0.1, 0.15) is 5.75 Å². The normalized spacial score (nSPS) is 13.3. The predicted molar refractivity (Wildman–Crippen MR) is 87.6 cm³/mol. The summed E-state index contributed by atoms with van der Waals surface area (Å²) >= 11 is 3.53. The van der Waals surface area contributed by atoms with E-state index in [2.05, 4.69) is 48.1 Å². The Hall–Kier alpha value is -0.580. The first-order chi connectivity index (χ1) is 9.44. The van der Waals surface area contributed by atoms with E-state index >= 15 is 0 Å². The molecular formula is C16H26BrNO2. The van der Waals surface area contributed by atoms with Gasteiger partial charge in [-0.25, -0.2) is 0 Å². The molecule has 0 heterocycles. The van der Waals surface area contributed by atoms with E-state index in [1.165, 1.54) is 5.56 Å². The standard InChI is InChI=1S/C16H26BrNO2/c1-6-9-18-15(16(2,3)20-5)11-12-10-13(17)7-8-14(12)19-4/h7-8,10,15,18H,6,9,11H2,1-5H3. The number of hydrogen-bond donors (Lipinski definition) is 1. The molecule has 0 saturated heterocycles. The van der Waals surface area contributed by atoms with Gasteiger partial charge < -0.3 is 14.8 Å². The first-order valence-electron chi connectivity index (χ1n) is 7.05. The van der Waals surface area contributed by atoms with Crippen LogP contribution in [-0.2, 0) is 11.2 Å². The van der Waals surface area contributed by atoms with Crippen LogP contribution in [0.5, 0.6) is 5.75 Å². The van der Waals surface area contributed by atoms with Crippen molar-refractivity contribution in [1.82, 2.24) is 5.32 Å². The summed E-state index contributed by atoms with van der Waals surface area (Å²) in [6.07, 6.45) is 1.97. The maximum Gasteiger partial charge on any atom is 0.122 e. The fourth-order valence-corrected chi connectivity index (χ4v) is 2.56. The van der Waals surface area contributed by atoms with Crippen LogP contribution in [0.3, 0.4) is 0 Å². The molecule has 0 bridgehead atoms. The lowest BCUT2D eigenvalue weighted by Crippen LogP contribution is -2.49. The molecule has 0 saturated carbocycles. The lowest BCUT2D eigenvalue weighted by molar-refractivity contribution is -0.0101. The predicted octanol–water partition coefficient (Wildman–Crippen LogP) is 3.79. The minimum absolute atomic E-state index is 0.232. The van der Waals surface area contributed by atoms with Gasteiger partial charge in [0.25, 0.3) is 0 Å². The van der Waals surface area contributed by atoms with Gasteiger partial charge in [-0.1, -0.05) is 22.9 Å². The largest absolute Gasteiger partial charge is 0.496 e. The van der Waals surface area contributed by atoms with Crippen LogP contribution in [-0.4, -0.2) is 32.4 Å². The van der Waals surface area contributed by atoms with E-state index in [1.54, 1.807) is 14.2 Å². The summed E-state index contributed by atoms with van der Waals surface area (Å²) < 4.78 is 12.2. The molecule has 0 fully saturated rings. The first-order valence-corrected chi connectivity index (χ1v) is 7.84. The van der Waals surface area contributed by atoms with Gasteiger partial charge in [0.05, 0.1) is 12.7 Å². The van der Waals surface area contributed by atoms with Gasteiger partial charge in [-0.2, -0.15) is 0 Å². The Bertz CT molecular complexity index is 421. The van der Waals surface area contributed by atoms with E-state index in [0.29, 0.717) is 0 Å². The van der Waals surface area contributed by atoms with Gasteiger partial charge in [-0.05, 0) is 57.0 Å². The van der Waals surface area contributed by atoms with Crippen molar-refractivity contribution in [2.24, 2.45) is 0 Å². The van der Waals surface area contributed by atoms with Crippen LogP contribution < -0.4 is 10.1 Å². The van der Waals surface area contributed by atoms with Crippen molar-refractivity contribution in [2.75, 3.05) is 20.8 Å². The molecule has 1 unspecified atom stereocenters. The molecule has 0 aliphatic heterocycles. The van der Waals surface area contributed by atoms with Gasteiger partial charge in [0.15, 0.2) is 0 Å². The lowest BCUT2D eigenvalue weighted by atomic mass is 9.91. The quantitative estimate of drug-likeness (QED) is 0.778. The number of hydrogen-bond acceptors (Lipinski definition) is 3. The number of methoxy groups -OCH3 is 2. The molecule has 1 rings (SSSR count). The van der Waals surface area contributed by atoms with Gasteiger partial charge in [-0.15, -0.1) is 0 Å². The van der Waals surface area contributed by atoms with Crippen LogP contribution in [0.1, 0.15) is 32.8 Å². The van der Waals surface area contributed by atoms with Gasteiger partial charge in [0.2, 0.25) is 0 Å². The number of nitrogens with one attached hydrogen (secondary N) is 1. The van der Waals surface area contributed by atoms with Crippen molar-refractivity contribution in [3.05, 3.63) is 28.2 Å². The summed E-state index contributed by atoms with van der Waals surface area (Å²) in [4.78, 5) is 0. The summed E-state index contributed by atoms with van der Waals surface area (Å²) in [6.45, 7) is 7.38. The zero-order valence-electron chi connectivity index (χ0n) is 13.1. The highest BCUT2D eigenvalue weighted by Crippen LogP contribution is 2.27. The minimum atomic E-state index is -0.234. The smallest absolute Gasteiger partial charge is 0.122 e. The van der Waals surface area contributed by atoms with E-state index in [4.69, 9.17) is 9.47 Å². The molecule has 1 aromatic rings. The van der Waals surface area contributed by atoms with Crippen molar-refractivity contribution in [3.63, 3.8) is 0 Å². The van der Waals surface area contributed by atoms with E-state index in [9.17, 15) is 0 Å². The first kappa shape index (κ1) is 17.5. The highest BCUT2D eigenvalue weighted by atomic mass is 79.9. The fraction of sp³-hybridized carbons (Fsp3) is 0.625. The molecule has 0 spiro atoms. The van der Waals surface area contributed by atoms with E-state index < -0.39 is 0 Å². The molecule has 1 aromatic carbocycles. The molecule has 0 aromatic heterocycles. The van der Waals surface area contributed by atoms with E-state index in [-0.39, 0.29) is 11.6 Å². The monoisotopic (exact) mass is 343 g/mol. The molecule has 0 radical (unpaired) electrons. The molecule has 114 valence electrons. The second kappa shape index (κ2) is 8.01. The zero-order valence-corrected chi connectivity index (χ0v) is 14.7. The maximum absolute atomic E-state index is 5.66. The minimum Gasteiger partial charge on any atom is -0.496 e. The fourth-order valence-electron chi connectivity index (χ4n) is 2.15. The van der Waals surface area contributed by atoms with Crippen molar-refractivity contribution < 1.29 is 9.47 Å². The van der Waals surface area contributed by atoms with Crippen LogP contribution in [0.4, 0.5) is 0 Å². The molecule has 0 aliphatic rings. The number of halogens is 1. The summed E-state index contributed by atoms with van der Waals surface area (Å²) in [5.41, 5.74) is 0.947. The zero-order chi connectivity index (χ0) is 15.2. The van der Waals surface area contributed by atoms with Gasteiger partial charge in [0, 0.05) is 17.6 Å². The molecule has 3 nitrogen and oxygen atoms in total. The Morgan fingerprint density at radius 2 is 2.00 bits per heavy atom. The topological polar surface area (TPSA) is 30.5 Å². The Morgan fingerprint density at radius 1 is 1.30 bits per heavy atom. The van der Waals surface area contributed by atoms with E-state index in [0.717, 1.165) is 29.6 Å². The van der Waals surface area contributed by atoms with Crippen LogP contribution in [0.2, 0.25) is 0 Å². The Labute approximate surface area is 131 Å². The number of benzene rings is 1. The average Bonchev–Trinajstić information content (AvgIpc) is 2.43. The van der Waals surface area contributed by atoms with Crippen LogP contribution in [0.25, 0.3) is 0 Å². The molecule has 0 aliphatic carbocycles. The second-order valence-electron chi connectivity index (χ2n) is 5.47. The second-order valence-corrected chi connectivity index (χ2v) is 6.39.